The molecule has 0 radical (unpaired) electrons. The number of carboxylic acids is 1. The zero-order valence-electron chi connectivity index (χ0n) is 13.4. The molecule has 0 spiro atoms. The van der Waals surface area contributed by atoms with Crippen LogP contribution in [0.3, 0.4) is 0 Å². The van der Waals surface area contributed by atoms with Gasteiger partial charge in [-0.25, -0.2) is 14.8 Å². The highest BCUT2D eigenvalue weighted by Gasteiger charge is 2.27. The number of nitrogens with zero attached hydrogens (tertiary/aromatic N) is 3. The Morgan fingerprint density at radius 1 is 1.30 bits per heavy atom. The van der Waals surface area contributed by atoms with Crippen molar-refractivity contribution in [1.29, 1.82) is 0 Å². The normalized spacial score (nSPS) is 12.0. The minimum Gasteiger partial charge on any atom is -0.476 e. The van der Waals surface area contributed by atoms with Crippen molar-refractivity contribution in [2.45, 2.75) is 33.4 Å². The summed E-state index contributed by atoms with van der Waals surface area (Å²) in [6.07, 6.45) is 1.98. The maximum absolute atomic E-state index is 12.8. The van der Waals surface area contributed by atoms with E-state index in [0.29, 0.717) is 17.8 Å². The summed E-state index contributed by atoms with van der Waals surface area (Å²) in [5.41, 5.74) is 1.06. The topological polar surface area (TPSA) is 103 Å². The molecular weight excluding hydrogens is 321 g/mol. The molecule has 9 heteroatoms. The highest BCUT2D eigenvalue weighted by atomic mass is 31.2. The van der Waals surface area contributed by atoms with Crippen LogP contribution in [0.5, 0.6) is 0 Å². The van der Waals surface area contributed by atoms with Crippen LogP contribution in [0, 0.1) is 0 Å². The average molecular weight is 341 g/mol. The maximum Gasteiger partial charge on any atom is 0.356 e. The highest BCUT2D eigenvalue weighted by molar-refractivity contribution is 7.53. The van der Waals surface area contributed by atoms with Crippen molar-refractivity contribution in [2.75, 3.05) is 13.2 Å². The Kier molecular flexibility index (Phi) is 5.51. The second-order valence-electron chi connectivity index (χ2n) is 4.74. The first-order chi connectivity index (χ1) is 11.0. The van der Waals surface area contributed by atoms with E-state index >= 15 is 0 Å². The lowest BCUT2D eigenvalue weighted by Crippen LogP contribution is -2.07. The lowest BCUT2D eigenvalue weighted by atomic mass is 10.2. The molecule has 1 N–H and O–H groups in total. The lowest BCUT2D eigenvalue weighted by molar-refractivity contribution is 0.0690. The van der Waals surface area contributed by atoms with Crippen LogP contribution in [0.15, 0.2) is 12.3 Å². The van der Waals surface area contributed by atoms with Gasteiger partial charge in [0, 0.05) is 11.9 Å². The third kappa shape index (κ3) is 3.60. The SMILES string of the molecule is CCOP(=O)(Cc1ccnc2nc(C(=O)O)c(CC)n12)OCC. The molecule has 2 aromatic rings. The third-order valence-corrected chi connectivity index (χ3v) is 5.26. The molecule has 23 heavy (non-hydrogen) atoms. The van der Waals surface area contributed by atoms with Crippen molar-refractivity contribution in [2.24, 2.45) is 0 Å². The fourth-order valence-corrected chi connectivity index (χ4v) is 4.12. The van der Waals surface area contributed by atoms with Gasteiger partial charge in [-0.3, -0.25) is 8.97 Å². The zero-order valence-corrected chi connectivity index (χ0v) is 14.2. The van der Waals surface area contributed by atoms with Crippen LogP contribution in [-0.2, 0) is 26.2 Å². The molecule has 0 aliphatic heterocycles. The van der Waals surface area contributed by atoms with Gasteiger partial charge in [0.15, 0.2) is 5.69 Å². The van der Waals surface area contributed by atoms with Crippen LogP contribution in [0.2, 0.25) is 0 Å². The van der Waals surface area contributed by atoms with Gasteiger partial charge in [0.05, 0.1) is 25.1 Å². The molecule has 0 aromatic carbocycles. The summed E-state index contributed by atoms with van der Waals surface area (Å²) < 4.78 is 25.0. The van der Waals surface area contributed by atoms with E-state index in [1.54, 1.807) is 24.3 Å². The molecule has 2 heterocycles. The summed E-state index contributed by atoms with van der Waals surface area (Å²) in [6, 6.07) is 1.67. The van der Waals surface area contributed by atoms with Gasteiger partial charge in [0.1, 0.15) is 0 Å². The Balaban J connectivity index is 2.56. The van der Waals surface area contributed by atoms with E-state index in [1.807, 2.05) is 6.92 Å². The first kappa shape index (κ1) is 17.6. The molecule has 126 valence electrons. The van der Waals surface area contributed by atoms with Gasteiger partial charge in [-0.1, -0.05) is 6.92 Å². The van der Waals surface area contributed by atoms with Gasteiger partial charge >= 0.3 is 13.6 Å². The van der Waals surface area contributed by atoms with Crippen molar-refractivity contribution >= 4 is 19.3 Å². The molecule has 0 aliphatic rings. The predicted molar refractivity (Wildman–Crippen MR) is 83.9 cm³/mol. The van der Waals surface area contributed by atoms with Crippen LogP contribution in [0.4, 0.5) is 0 Å². The number of carboxylic acid groups (broad SMARTS) is 1. The monoisotopic (exact) mass is 341 g/mol. The van der Waals surface area contributed by atoms with Crippen molar-refractivity contribution in [3.05, 3.63) is 29.3 Å². The van der Waals surface area contributed by atoms with Gasteiger partial charge in [-0.2, -0.15) is 0 Å². The summed E-state index contributed by atoms with van der Waals surface area (Å²) in [4.78, 5) is 19.5. The minimum atomic E-state index is -3.31. The largest absolute Gasteiger partial charge is 0.476 e. The molecule has 8 nitrogen and oxygen atoms in total. The Hall–Kier alpha value is -1.76. The molecular formula is C14H20N3O5P. The number of aromatic carboxylic acids is 1. The molecule has 0 atom stereocenters. The van der Waals surface area contributed by atoms with E-state index < -0.39 is 13.6 Å². The van der Waals surface area contributed by atoms with Gasteiger partial charge < -0.3 is 14.2 Å². The number of imidazole rings is 1. The van der Waals surface area contributed by atoms with Gasteiger partial charge in [0.25, 0.3) is 0 Å². The lowest BCUT2D eigenvalue weighted by Gasteiger charge is -2.18. The molecule has 0 fully saturated rings. The molecule has 0 aliphatic carbocycles. The molecule has 2 rings (SSSR count). The third-order valence-electron chi connectivity index (χ3n) is 3.24. The number of fused-ring (bicyclic) bond motifs is 1. The van der Waals surface area contributed by atoms with Gasteiger partial charge in [0.2, 0.25) is 5.78 Å². The number of carbonyl (C=O) groups is 1. The second-order valence-corrected chi connectivity index (χ2v) is 6.80. The van der Waals surface area contributed by atoms with Crippen LogP contribution < -0.4 is 0 Å². The Morgan fingerprint density at radius 3 is 2.48 bits per heavy atom. The number of hydrogen-bond donors (Lipinski definition) is 1. The van der Waals surface area contributed by atoms with Crippen LogP contribution in [-0.4, -0.2) is 38.7 Å². The maximum atomic E-state index is 12.8. The summed E-state index contributed by atoms with van der Waals surface area (Å²) in [6.45, 7) is 5.83. The van der Waals surface area contributed by atoms with Crippen molar-refractivity contribution < 1.29 is 23.5 Å². The van der Waals surface area contributed by atoms with Gasteiger partial charge in [-0.15, -0.1) is 0 Å². The Morgan fingerprint density at radius 2 is 1.96 bits per heavy atom. The molecule has 0 saturated carbocycles. The first-order valence-corrected chi connectivity index (χ1v) is 9.15. The van der Waals surface area contributed by atoms with Gasteiger partial charge in [-0.05, 0) is 26.3 Å². The quantitative estimate of drug-likeness (QED) is 0.736. The van der Waals surface area contributed by atoms with E-state index in [9.17, 15) is 14.5 Å². The summed E-state index contributed by atoms with van der Waals surface area (Å²) in [5, 5.41) is 9.28. The highest BCUT2D eigenvalue weighted by Crippen LogP contribution is 2.51. The number of rotatable bonds is 8. The number of hydrogen-bond acceptors (Lipinski definition) is 6. The minimum absolute atomic E-state index is 0.0239. The molecule has 0 saturated heterocycles. The predicted octanol–water partition coefficient (Wildman–Crippen LogP) is 2.76. The van der Waals surface area contributed by atoms with E-state index in [-0.39, 0.29) is 30.8 Å². The molecule has 0 bridgehead atoms. The second kappa shape index (κ2) is 7.21. The van der Waals surface area contributed by atoms with Crippen molar-refractivity contribution in [1.82, 2.24) is 14.4 Å². The fraction of sp³-hybridized carbons (Fsp3) is 0.500. The summed E-state index contributed by atoms with van der Waals surface area (Å²) in [7, 11) is -3.31. The first-order valence-electron chi connectivity index (χ1n) is 7.42. The van der Waals surface area contributed by atoms with Crippen molar-refractivity contribution in [3.8, 4) is 0 Å². The van der Waals surface area contributed by atoms with Crippen molar-refractivity contribution in [3.63, 3.8) is 0 Å². The van der Waals surface area contributed by atoms with E-state index in [1.165, 1.54) is 6.20 Å². The standard InChI is InChI=1S/C14H20N3O5P/c1-4-11-12(13(18)19)16-14-15-8-7-10(17(11)14)9-23(20,21-5-2)22-6-3/h7-8H,4-6,9H2,1-3H3,(H,18,19). The number of aromatic nitrogens is 3. The molecule has 0 amide bonds. The smallest absolute Gasteiger partial charge is 0.356 e. The summed E-state index contributed by atoms with van der Waals surface area (Å²) >= 11 is 0. The summed E-state index contributed by atoms with van der Waals surface area (Å²) in [5.74, 6) is -0.854. The van der Waals surface area contributed by atoms with E-state index in [0.717, 1.165) is 0 Å². The Labute approximate surface area is 134 Å². The zero-order chi connectivity index (χ0) is 17.0. The molecule has 2 aromatic heterocycles. The van der Waals surface area contributed by atoms with E-state index in [4.69, 9.17) is 9.05 Å². The fourth-order valence-electron chi connectivity index (χ4n) is 2.43. The molecule has 0 unspecified atom stereocenters. The Bertz CT molecular complexity index is 748. The van der Waals surface area contributed by atoms with Crippen LogP contribution >= 0.6 is 7.60 Å². The average Bonchev–Trinajstić information content (AvgIpc) is 2.87. The van der Waals surface area contributed by atoms with E-state index in [2.05, 4.69) is 9.97 Å². The van der Waals surface area contributed by atoms with Crippen LogP contribution in [0.1, 0.15) is 42.6 Å². The number of aryl methyl sites for hydroxylation is 1. The van der Waals surface area contributed by atoms with Crippen LogP contribution in [0.25, 0.3) is 5.78 Å².